The van der Waals surface area contributed by atoms with Crippen LogP contribution in [0, 0.1) is 5.92 Å². The lowest BCUT2D eigenvalue weighted by atomic mass is 10.1. The number of hydrogen-bond donors (Lipinski definition) is 0. The van der Waals surface area contributed by atoms with E-state index in [1.807, 2.05) is 13.8 Å². The van der Waals surface area contributed by atoms with Crippen molar-refractivity contribution in [2.75, 3.05) is 6.61 Å². The highest BCUT2D eigenvalue weighted by atomic mass is 16.6. The molecule has 0 saturated carbocycles. The van der Waals surface area contributed by atoms with Gasteiger partial charge in [0.05, 0.1) is 12.0 Å². The van der Waals surface area contributed by atoms with Crippen molar-refractivity contribution in [3.05, 3.63) is 0 Å². The molecule has 0 aromatic heterocycles. The maximum Gasteiger partial charge on any atom is 0.308 e. The topological polar surface area (TPSA) is 38.8 Å². The van der Waals surface area contributed by atoms with E-state index in [-0.39, 0.29) is 18.0 Å². The van der Waals surface area contributed by atoms with E-state index >= 15 is 0 Å². The molecule has 0 N–H and O–H groups in total. The van der Waals surface area contributed by atoms with Crippen LogP contribution in [0.25, 0.3) is 0 Å². The summed E-state index contributed by atoms with van der Waals surface area (Å²) in [6.07, 6.45) is 2.33. The largest absolute Gasteiger partial charge is 0.463 e. The van der Waals surface area contributed by atoms with Crippen LogP contribution in [0.2, 0.25) is 0 Å². The van der Waals surface area contributed by atoms with E-state index in [9.17, 15) is 4.79 Å². The zero-order chi connectivity index (χ0) is 9.84. The summed E-state index contributed by atoms with van der Waals surface area (Å²) in [5, 5.41) is 0. The summed E-state index contributed by atoms with van der Waals surface area (Å²) in [5.41, 5.74) is 0. The highest BCUT2D eigenvalue weighted by Gasteiger charge is 2.38. The van der Waals surface area contributed by atoms with Crippen LogP contribution in [0.4, 0.5) is 0 Å². The fourth-order valence-corrected chi connectivity index (χ4v) is 1.16. The Labute approximate surface area is 79.4 Å². The molecule has 0 radical (unpaired) electrons. The van der Waals surface area contributed by atoms with Crippen molar-refractivity contribution in [2.45, 2.75) is 45.8 Å². The summed E-state index contributed by atoms with van der Waals surface area (Å²) >= 11 is 0. The van der Waals surface area contributed by atoms with E-state index in [4.69, 9.17) is 9.47 Å². The first kappa shape index (κ1) is 10.5. The summed E-state index contributed by atoms with van der Waals surface area (Å²) in [7, 11) is 0. The highest BCUT2D eigenvalue weighted by Crippen LogP contribution is 2.25. The van der Waals surface area contributed by atoms with E-state index in [2.05, 4.69) is 6.92 Å². The van der Waals surface area contributed by atoms with Gasteiger partial charge in [0, 0.05) is 0 Å². The number of ether oxygens (including phenoxy) is 2. The van der Waals surface area contributed by atoms with Crippen LogP contribution in [-0.4, -0.2) is 24.8 Å². The van der Waals surface area contributed by atoms with E-state index in [1.165, 1.54) is 0 Å². The van der Waals surface area contributed by atoms with Gasteiger partial charge in [-0.1, -0.05) is 20.8 Å². The Balaban J connectivity index is 2.09. The Kier molecular flexibility index (Phi) is 3.72. The van der Waals surface area contributed by atoms with Crippen molar-refractivity contribution in [1.29, 1.82) is 0 Å². The van der Waals surface area contributed by atoms with Crippen LogP contribution in [-0.2, 0) is 14.3 Å². The number of carbonyl (C=O) groups excluding carboxylic acids is 1. The van der Waals surface area contributed by atoms with Crippen molar-refractivity contribution in [2.24, 2.45) is 5.92 Å². The minimum atomic E-state index is -0.104. The van der Waals surface area contributed by atoms with Gasteiger partial charge in [-0.3, -0.25) is 4.79 Å². The Morgan fingerprint density at radius 1 is 1.46 bits per heavy atom. The Bertz CT molecular complexity index is 179. The van der Waals surface area contributed by atoms with Gasteiger partial charge >= 0.3 is 5.97 Å². The SMILES string of the molecule is CCC(C)C(=O)OCC1OC1CC. The maximum absolute atomic E-state index is 11.2. The predicted octanol–water partition coefficient (Wildman–Crippen LogP) is 1.75. The average Bonchev–Trinajstić information content (AvgIpc) is 2.91. The van der Waals surface area contributed by atoms with Gasteiger partial charge in [0.25, 0.3) is 0 Å². The van der Waals surface area contributed by atoms with E-state index < -0.39 is 0 Å². The normalized spacial score (nSPS) is 28.2. The zero-order valence-electron chi connectivity index (χ0n) is 8.58. The minimum Gasteiger partial charge on any atom is -0.463 e. The van der Waals surface area contributed by atoms with Crippen LogP contribution in [0.5, 0.6) is 0 Å². The molecule has 0 spiro atoms. The van der Waals surface area contributed by atoms with Crippen molar-refractivity contribution < 1.29 is 14.3 Å². The summed E-state index contributed by atoms with van der Waals surface area (Å²) in [4.78, 5) is 11.2. The van der Waals surface area contributed by atoms with Crippen LogP contribution < -0.4 is 0 Å². The molecule has 0 aliphatic carbocycles. The Hall–Kier alpha value is -0.570. The quantitative estimate of drug-likeness (QED) is 0.485. The molecule has 3 nitrogen and oxygen atoms in total. The van der Waals surface area contributed by atoms with Gasteiger partial charge in [0.1, 0.15) is 12.7 Å². The summed E-state index contributed by atoms with van der Waals surface area (Å²) in [6, 6.07) is 0. The third-order valence-electron chi connectivity index (χ3n) is 2.49. The Morgan fingerprint density at radius 2 is 2.15 bits per heavy atom. The number of rotatable bonds is 5. The van der Waals surface area contributed by atoms with Gasteiger partial charge in [-0.2, -0.15) is 0 Å². The number of esters is 1. The molecule has 1 rings (SSSR count). The third kappa shape index (κ3) is 2.99. The Morgan fingerprint density at radius 3 is 2.62 bits per heavy atom. The van der Waals surface area contributed by atoms with Crippen LogP contribution in [0.3, 0.4) is 0 Å². The second kappa shape index (κ2) is 4.61. The molecule has 0 aromatic carbocycles. The molecule has 1 aliphatic heterocycles. The lowest BCUT2D eigenvalue weighted by Crippen LogP contribution is -2.17. The van der Waals surface area contributed by atoms with Crippen molar-refractivity contribution in [3.63, 3.8) is 0 Å². The average molecular weight is 186 g/mol. The molecule has 1 heterocycles. The van der Waals surface area contributed by atoms with Gasteiger partial charge in [-0.15, -0.1) is 0 Å². The molecular weight excluding hydrogens is 168 g/mol. The van der Waals surface area contributed by atoms with Crippen molar-refractivity contribution in [3.8, 4) is 0 Å². The maximum atomic E-state index is 11.2. The molecule has 0 amide bonds. The lowest BCUT2D eigenvalue weighted by Gasteiger charge is -2.07. The monoisotopic (exact) mass is 186 g/mol. The molecule has 3 atom stereocenters. The summed E-state index contributed by atoms with van der Waals surface area (Å²) < 4.78 is 10.3. The zero-order valence-corrected chi connectivity index (χ0v) is 8.58. The number of carbonyl (C=O) groups is 1. The number of epoxide rings is 1. The van der Waals surface area contributed by atoms with Crippen LogP contribution in [0.1, 0.15) is 33.6 Å². The molecule has 76 valence electrons. The molecule has 1 fully saturated rings. The van der Waals surface area contributed by atoms with Crippen LogP contribution in [0.15, 0.2) is 0 Å². The van der Waals surface area contributed by atoms with Gasteiger partial charge < -0.3 is 9.47 Å². The van der Waals surface area contributed by atoms with Crippen LogP contribution >= 0.6 is 0 Å². The minimum absolute atomic E-state index is 0.0128. The molecule has 13 heavy (non-hydrogen) atoms. The standard InChI is InChI=1S/C10H18O3/c1-4-7(3)10(11)12-6-9-8(5-2)13-9/h7-9H,4-6H2,1-3H3. The van der Waals surface area contributed by atoms with E-state index in [0.717, 1.165) is 12.8 Å². The first-order valence-electron chi connectivity index (χ1n) is 5.01. The lowest BCUT2D eigenvalue weighted by molar-refractivity contribution is -0.148. The highest BCUT2D eigenvalue weighted by molar-refractivity contribution is 5.71. The van der Waals surface area contributed by atoms with Gasteiger partial charge in [-0.25, -0.2) is 0 Å². The molecule has 1 saturated heterocycles. The van der Waals surface area contributed by atoms with E-state index in [0.29, 0.717) is 12.7 Å². The van der Waals surface area contributed by atoms with Gasteiger partial charge in [0.2, 0.25) is 0 Å². The smallest absolute Gasteiger partial charge is 0.308 e. The molecule has 1 aliphatic rings. The third-order valence-corrected chi connectivity index (χ3v) is 2.49. The van der Waals surface area contributed by atoms with Gasteiger partial charge in [0.15, 0.2) is 0 Å². The number of hydrogen-bond acceptors (Lipinski definition) is 3. The van der Waals surface area contributed by atoms with Crippen molar-refractivity contribution >= 4 is 5.97 Å². The molecule has 0 aromatic rings. The second-order valence-corrected chi connectivity index (χ2v) is 3.56. The molecule has 3 heteroatoms. The first-order valence-corrected chi connectivity index (χ1v) is 5.01. The van der Waals surface area contributed by atoms with Gasteiger partial charge in [-0.05, 0) is 12.8 Å². The van der Waals surface area contributed by atoms with Crippen molar-refractivity contribution in [1.82, 2.24) is 0 Å². The second-order valence-electron chi connectivity index (χ2n) is 3.56. The summed E-state index contributed by atoms with van der Waals surface area (Å²) in [5.74, 6) is -0.0910. The molecule has 0 bridgehead atoms. The predicted molar refractivity (Wildman–Crippen MR) is 49.4 cm³/mol. The molecule has 3 unspecified atom stereocenters. The molecular formula is C10H18O3. The summed E-state index contributed by atoms with van der Waals surface area (Å²) in [6.45, 7) is 6.37. The fourth-order valence-electron chi connectivity index (χ4n) is 1.16. The fraction of sp³-hybridized carbons (Fsp3) is 0.900. The van der Waals surface area contributed by atoms with E-state index in [1.54, 1.807) is 0 Å². The first-order chi connectivity index (χ1) is 6.19.